The molecule has 0 radical (unpaired) electrons. The molecule has 5 saturated carbocycles. The summed E-state index contributed by atoms with van der Waals surface area (Å²) in [7, 11) is 0. The molecule has 0 saturated heterocycles. The Bertz CT molecular complexity index is 1430. The number of esters is 2. The SMILES string of the molecule is CC(C)[C@@H]1CC[C@]2(C(=O)OCc3ccccc3)CC[C@]3(C)[C@H](CC[C@@H]4[C@@]5(C)CC[C@H](OC(=O)CC(C)(C)C(=O)O)C(C)(C)[C@@H]5CC[C@]43C)[C@@H]12. The van der Waals surface area contributed by atoms with Crippen LogP contribution >= 0.6 is 0 Å². The van der Waals surface area contributed by atoms with Crippen LogP contribution in [0, 0.1) is 68.0 Å². The second-order valence-corrected chi connectivity index (χ2v) is 19.6. The lowest BCUT2D eigenvalue weighted by Gasteiger charge is -2.72. The van der Waals surface area contributed by atoms with Crippen molar-refractivity contribution in [2.24, 2.45) is 68.0 Å². The largest absolute Gasteiger partial charge is 0.481 e. The standard InChI is InChI=1S/C43H64O6/c1-27(2)29-17-22-43(37(47)48-26-28-13-11-10-12-14-28)24-23-41(8)30(35(29)43)15-16-32-40(7)20-19-33(49-34(44)25-38(3,4)36(45)46)39(5,6)31(40)18-21-42(32,41)9/h10-14,27,29-33,35H,15-26H2,1-9H3,(H,45,46)/t29-,30+,31-,32+,33-,35+,40-,41+,42+,43-/m0/s1. The van der Waals surface area contributed by atoms with Crippen LogP contribution in [-0.2, 0) is 30.5 Å². The summed E-state index contributed by atoms with van der Waals surface area (Å²) in [6, 6.07) is 10.1. The Kier molecular flexibility index (Phi) is 9.21. The number of rotatable bonds is 8. The van der Waals surface area contributed by atoms with Gasteiger partial charge in [0.25, 0.3) is 0 Å². The Morgan fingerprint density at radius 3 is 2.18 bits per heavy atom. The number of carboxylic acid groups (broad SMARTS) is 1. The lowest BCUT2D eigenvalue weighted by molar-refractivity contribution is -0.252. The number of aliphatic carboxylic acids is 1. The summed E-state index contributed by atoms with van der Waals surface area (Å²) in [5, 5.41) is 9.59. The normalized spacial score (nSPS) is 41.1. The Morgan fingerprint density at radius 2 is 1.53 bits per heavy atom. The smallest absolute Gasteiger partial charge is 0.312 e. The predicted octanol–water partition coefficient (Wildman–Crippen LogP) is 9.88. The molecule has 10 atom stereocenters. The molecule has 0 bridgehead atoms. The van der Waals surface area contributed by atoms with Crippen molar-refractivity contribution in [1.29, 1.82) is 0 Å². The van der Waals surface area contributed by atoms with Crippen LogP contribution in [0.4, 0.5) is 0 Å². The van der Waals surface area contributed by atoms with Crippen molar-refractivity contribution in [3.05, 3.63) is 35.9 Å². The van der Waals surface area contributed by atoms with E-state index in [2.05, 4.69) is 48.5 Å². The summed E-state index contributed by atoms with van der Waals surface area (Å²) in [5.41, 5.74) is -0.233. The first-order valence-electron chi connectivity index (χ1n) is 19.5. The van der Waals surface area contributed by atoms with Gasteiger partial charge in [0, 0.05) is 5.41 Å². The van der Waals surface area contributed by atoms with E-state index in [9.17, 15) is 19.5 Å². The molecule has 6 rings (SSSR count). The molecule has 0 aromatic heterocycles. The van der Waals surface area contributed by atoms with Crippen molar-refractivity contribution in [3.8, 4) is 0 Å². The maximum Gasteiger partial charge on any atom is 0.312 e. The van der Waals surface area contributed by atoms with Crippen molar-refractivity contribution in [2.45, 2.75) is 146 Å². The van der Waals surface area contributed by atoms with Gasteiger partial charge in [-0.1, -0.05) is 78.8 Å². The second kappa shape index (κ2) is 12.4. The Labute approximate surface area is 295 Å². The molecule has 0 aliphatic heterocycles. The van der Waals surface area contributed by atoms with Crippen LogP contribution in [0.3, 0.4) is 0 Å². The van der Waals surface area contributed by atoms with Gasteiger partial charge in [-0.3, -0.25) is 14.4 Å². The maximum atomic E-state index is 14.3. The summed E-state index contributed by atoms with van der Waals surface area (Å²) in [4.78, 5) is 39.1. The lowest BCUT2D eigenvalue weighted by Crippen LogP contribution is -2.67. The maximum absolute atomic E-state index is 14.3. The van der Waals surface area contributed by atoms with Crippen LogP contribution in [0.1, 0.15) is 139 Å². The number of carbonyl (C=O) groups is 3. The number of fused-ring (bicyclic) bond motifs is 7. The fourth-order valence-electron chi connectivity index (χ4n) is 13.4. The van der Waals surface area contributed by atoms with Gasteiger partial charge in [0.2, 0.25) is 0 Å². The Balaban J connectivity index is 1.25. The lowest BCUT2D eigenvalue weighted by atomic mass is 9.32. The third-order valence-electron chi connectivity index (χ3n) is 16.3. The van der Waals surface area contributed by atoms with Crippen molar-refractivity contribution in [1.82, 2.24) is 0 Å². The van der Waals surface area contributed by atoms with Gasteiger partial charge in [0.1, 0.15) is 12.7 Å². The molecule has 1 aromatic rings. The molecular formula is C43H64O6. The molecule has 0 unspecified atom stereocenters. The van der Waals surface area contributed by atoms with Crippen LogP contribution < -0.4 is 0 Å². The van der Waals surface area contributed by atoms with Gasteiger partial charge in [-0.05, 0) is 135 Å². The summed E-state index contributed by atoms with van der Waals surface area (Å²) in [6.07, 6.45) is 10.2. The zero-order valence-electron chi connectivity index (χ0n) is 31.9. The van der Waals surface area contributed by atoms with Crippen LogP contribution in [0.2, 0.25) is 0 Å². The van der Waals surface area contributed by atoms with E-state index in [0.29, 0.717) is 42.1 Å². The van der Waals surface area contributed by atoms with Crippen LogP contribution in [0.25, 0.3) is 0 Å². The molecule has 0 spiro atoms. The monoisotopic (exact) mass is 676 g/mol. The molecule has 0 heterocycles. The van der Waals surface area contributed by atoms with Gasteiger partial charge in [-0.2, -0.15) is 0 Å². The van der Waals surface area contributed by atoms with Crippen molar-refractivity contribution in [2.75, 3.05) is 0 Å². The molecule has 5 aliphatic carbocycles. The molecule has 6 nitrogen and oxygen atoms in total. The number of carbonyl (C=O) groups excluding carboxylic acids is 2. The third-order valence-corrected chi connectivity index (χ3v) is 16.3. The third kappa shape index (κ3) is 5.59. The molecule has 0 amide bonds. The van der Waals surface area contributed by atoms with E-state index in [-0.39, 0.29) is 45.6 Å². The van der Waals surface area contributed by atoms with Crippen molar-refractivity contribution in [3.63, 3.8) is 0 Å². The molecule has 5 fully saturated rings. The van der Waals surface area contributed by atoms with Crippen molar-refractivity contribution < 1.29 is 29.0 Å². The number of ether oxygens (including phenoxy) is 2. The minimum Gasteiger partial charge on any atom is -0.481 e. The summed E-state index contributed by atoms with van der Waals surface area (Å²) >= 11 is 0. The van der Waals surface area contributed by atoms with Crippen LogP contribution in [-0.4, -0.2) is 29.1 Å². The first-order chi connectivity index (χ1) is 22.8. The summed E-state index contributed by atoms with van der Waals surface area (Å²) < 4.78 is 12.4. The van der Waals surface area contributed by atoms with E-state index in [0.717, 1.165) is 56.9 Å². The van der Waals surface area contributed by atoms with Gasteiger partial charge in [0.05, 0.1) is 17.3 Å². The summed E-state index contributed by atoms with van der Waals surface area (Å²) in [5.74, 6) is 1.61. The average molecular weight is 677 g/mol. The van der Waals surface area contributed by atoms with E-state index in [1.54, 1.807) is 13.8 Å². The molecular weight excluding hydrogens is 612 g/mol. The molecule has 49 heavy (non-hydrogen) atoms. The second-order valence-electron chi connectivity index (χ2n) is 19.6. The minimum absolute atomic E-state index is 0.0517. The van der Waals surface area contributed by atoms with Crippen LogP contribution in [0.15, 0.2) is 30.3 Å². The number of hydrogen-bond acceptors (Lipinski definition) is 5. The highest BCUT2D eigenvalue weighted by molar-refractivity contribution is 5.81. The molecule has 1 aromatic carbocycles. The Hall–Kier alpha value is -2.37. The van der Waals surface area contributed by atoms with E-state index >= 15 is 0 Å². The Morgan fingerprint density at radius 1 is 0.837 bits per heavy atom. The first kappa shape index (κ1) is 36.4. The molecule has 6 heteroatoms. The van der Waals surface area contributed by atoms with E-state index in [4.69, 9.17) is 9.47 Å². The first-order valence-corrected chi connectivity index (χ1v) is 19.5. The van der Waals surface area contributed by atoms with Crippen molar-refractivity contribution >= 4 is 17.9 Å². The number of carboxylic acids is 1. The highest BCUT2D eigenvalue weighted by Gasteiger charge is 2.72. The van der Waals surface area contributed by atoms with E-state index < -0.39 is 17.4 Å². The zero-order chi connectivity index (χ0) is 35.8. The van der Waals surface area contributed by atoms with Gasteiger partial charge >= 0.3 is 17.9 Å². The highest BCUT2D eigenvalue weighted by Crippen LogP contribution is 2.77. The highest BCUT2D eigenvalue weighted by atomic mass is 16.5. The van der Waals surface area contributed by atoms with Crippen LogP contribution in [0.5, 0.6) is 0 Å². The predicted molar refractivity (Wildman–Crippen MR) is 191 cm³/mol. The summed E-state index contributed by atoms with van der Waals surface area (Å²) in [6.45, 7) is 20.7. The molecule has 1 N–H and O–H groups in total. The fraction of sp³-hybridized carbons (Fsp3) is 0.791. The molecule has 272 valence electrons. The number of benzene rings is 1. The minimum atomic E-state index is -1.14. The average Bonchev–Trinajstić information content (AvgIpc) is 3.43. The van der Waals surface area contributed by atoms with E-state index in [1.807, 2.05) is 30.3 Å². The number of hydrogen-bond donors (Lipinski definition) is 1. The topological polar surface area (TPSA) is 89.9 Å². The van der Waals surface area contributed by atoms with Gasteiger partial charge < -0.3 is 14.6 Å². The quantitative estimate of drug-likeness (QED) is 0.276. The fourth-order valence-corrected chi connectivity index (χ4v) is 13.4. The zero-order valence-corrected chi connectivity index (χ0v) is 31.9. The molecule has 5 aliphatic rings. The van der Waals surface area contributed by atoms with E-state index in [1.165, 1.54) is 12.8 Å². The van der Waals surface area contributed by atoms with Gasteiger partial charge in [-0.25, -0.2) is 0 Å². The van der Waals surface area contributed by atoms with Gasteiger partial charge in [-0.15, -0.1) is 0 Å². The van der Waals surface area contributed by atoms with Gasteiger partial charge in [0.15, 0.2) is 0 Å².